The molecular weight excluding hydrogens is 430 g/mol. The maximum atomic E-state index is 10.4. The highest BCUT2D eigenvalue weighted by molar-refractivity contribution is 5.68. The van der Waals surface area contributed by atoms with Crippen LogP contribution < -0.4 is 5.32 Å². The zero-order valence-electron chi connectivity index (χ0n) is 19.3. The molecule has 2 aromatic heterocycles. The second kappa shape index (κ2) is 10.4. The van der Waals surface area contributed by atoms with Crippen LogP contribution in [-0.2, 0) is 19.5 Å². The molecule has 0 aliphatic carbocycles. The van der Waals surface area contributed by atoms with Crippen molar-refractivity contribution in [1.29, 1.82) is 0 Å². The van der Waals surface area contributed by atoms with Crippen LogP contribution in [0.25, 0.3) is 11.4 Å². The van der Waals surface area contributed by atoms with E-state index in [1.165, 1.54) is 10.6 Å². The minimum absolute atomic E-state index is 0.0239. The van der Waals surface area contributed by atoms with Gasteiger partial charge in [0, 0.05) is 37.5 Å². The van der Waals surface area contributed by atoms with Gasteiger partial charge in [-0.15, -0.1) is 5.10 Å². The smallest absolute Gasteiger partial charge is 0.315 e. The average Bonchev–Trinajstić information content (AvgIpc) is 3.18. The zero-order valence-corrected chi connectivity index (χ0v) is 19.3. The second-order valence-corrected chi connectivity index (χ2v) is 8.56. The van der Waals surface area contributed by atoms with Crippen molar-refractivity contribution in [2.24, 2.45) is 0 Å². The monoisotopic (exact) mass is 459 g/mol. The number of rotatable bonds is 9. The molecule has 4 aromatic rings. The van der Waals surface area contributed by atoms with E-state index in [1.807, 2.05) is 56.3 Å². The van der Waals surface area contributed by atoms with Crippen LogP contribution in [0.3, 0.4) is 0 Å². The summed E-state index contributed by atoms with van der Waals surface area (Å²) < 4.78 is 1.54. The third kappa shape index (κ3) is 5.35. The molecule has 8 heteroatoms. The van der Waals surface area contributed by atoms with Crippen LogP contribution in [0.1, 0.15) is 42.1 Å². The van der Waals surface area contributed by atoms with Gasteiger partial charge in [-0.05, 0) is 40.8 Å². The van der Waals surface area contributed by atoms with Gasteiger partial charge in [-0.3, -0.25) is 9.55 Å². The largest absolute Gasteiger partial charge is 0.508 e. The summed E-state index contributed by atoms with van der Waals surface area (Å²) in [5, 5.41) is 42.2. The number of hydrogen-bond donors (Lipinski definition) is 4. The van der Waals surface area contributed by atoms with Crippen molar-refractivity contribution in [2.75, 3.05) is 6.54 Å². The normalized spacial score (nSPS) is 11.3. The minimum atomic E-state index is -0.242. The molecule has 0 radical (unpaired) electrons. The Balaban J connectivity index is 1.44. The van der Waals surface area contributed by atoms with E-state index < -0.39 is 0 Å². The summed E-state index contributed by atoms with van der Waals surface area (Å²) in [4.78, 5) is 4.33. The molecule has 0 saturated carbocycles. The number of hydrogen-bond acceptors (Lipinski definition) is 7. The van der Waals surface area contributed by atoms with Gasteiger partial charge in [-0.25, -0.2) is 0 Å². The fraction of sp³-hybridized carbons (Fsp3) is 0.269. The van der Waals surface area contributed by atoms with E-state index in [2.05, 4.69) is 20.5 Å². The van der Waals surface area contributed by atoms with Crippen LogP contribution in [0.5, 0.6) is 17.5 Å². The summed E-state index contributed by atoms with van der Waals surface area (Å²) in [6.07, 6.45) is 2.68. The first-order valence-electron chi connectivity index (χ1n) is 11.3. The molecule has 0 amide bonds. The van der Waals surface area contributed by atoms with E-state index in [9.17, 15) is 15.3 Å². The Morgan fingerprint density at radius 1 is 0.912 bits per heavy atom. The molecule has 34 heavy (non-hydrogen) atoms. The third-order valence-electron chi connectivity index (χ3n) is 5.72. The van der Waals surface area contributed by atoms with Crippen LogP contribution in [0.2, 0.25) is 0 Å². The topological polar surface area (TPSA) is 116 Å². The molecule has 0 atom stereocenters. The van der Waals surface area contributed by atoms with Gasteiger partial charge in [0.1, 0.15) is 11.5 Å². The molecule has 4 rings (SSSR count). The summed E-state index contributed by atoms with van der Waals surface area (Å²) in [6, 6.07) is 16.7. The molecule has 8 nitrogen and oxygen atoms in total. The molecular formula is C26H29N5O3. The number of nitrogens with zero attached hydrogens (tertiary/aromatic N) is 4. The lowest BCUT2D eigenvalue weighted by molar-refractivity contribution is 0.404. The van der Waals surface area contributed by atoms with Gasteiger partial charge in [-0.2, -0.15) is 0 Å². The van der Waals surface area contributed by atoms with Gasteiger partial charge < -0.3 is 20.6 Å². The number of phenolic OH excluding ortho intramolecular Hbond substituents is 2. The first-order valence-corrected chi connectivity index (χ1v) is 11.3. The summed E-state index contributed by atoms with van der Waals surface area (Å²) in [6.45, 7) is 5.82. The highest BCUT2D eigenvalue weighted by Gasteiger charge is 2.20. The molecule has 0 spiro atoms. The van der Waals surface area contributed by atoms with E-state index in [-0.39, 0.29) is 23.4 Å². The summed E-state index contributed by atoms with van der Waals surface area (Å²) >= 11 is 0. The van der Waals surface area contributed by atoms with Gasteiger partial charge in [0.25, 0.3) is 0 Å². The predicted octanol–water partition coefficient (Wildman–Crippen LogP) is 3.96. The molecule has 2 heterocycles. The van der Waals surface area contributed by atoms with Crippen molar-refractivity contribution in [2.45, 2.75) is 39.3 Å². The Kier molecular flexibility index (Phi) is 7.08. The van der Waals surface area contributed by atoms with Crippen molar-refractivity contribution in [1.82, 2.24) is 25.1 Å². The molecule has 4 N–H and O–H groups in total. The Hall–Kier alpha value is -3.91. The molecule has 0 bridgehead atoms. The molecule has 0 unspecified atom stereocenters. The fourth-order valence-corrected chi connectivity index (χ4v) is 3.82. The van der Waals surface area contributed by atoms with Crippen molar-refractivity contribution in [3.63, 3.8) is 0 Å². The summed E-state index contributed by atoms with van der Waals surface area (Å²) in [7, 11) is 0. The van der Waals surface area contributed by atoms with Gasteiger partial charge >= 0.3 is 6.01 Å². The van der Waals surface area contributed by atoms with Crippen molar-refractivity contribution < 1.29 is 15.3 Å². The maximum absolute atomic E-state index is 10.4. The molecule has 0 aliphatic rings. The Bertz CT molecular complexity index is 1240. The Morgan fingerprint density at radius 2 is 1.68 bits per heavy atom. The fourth-order valence-electron chi connectivity index (χ4n) is 3.82. The Morgan fingerprint density at radius 3 is 2.38 bits per heavy atom. The summed E-state index contributed by atoms with van der Waals surface area (Å²) in [5.74, 6) is 0.282. The SMILES string of the molecule is CC(C)c1cc(-c2nnc(O)n2Cc2ccc(CNCCc3ccccn3)cc2)c(O)cc1O. The Labute approximate surface area is 198 Å². The van der Waals surface area contributed by atoms with Crippen LogP contribution in [-0.4, -0.2) is 41.6 Å². The number of phenols is 2. The average molecular weight is 460 g/mol. The van der Waals surface area contributed by atoms with E-state index in [4.69, 9.17) is 0 Å². The van der Waals surface area contributed by atoms with Crippen LogP contribution >= 0.6 is 0 Å². The van der Waals surface area contributed by atoms with Crippen molar-refractivity contribution in [3.05, 3.63) is 83.2 Å². The number of nitrogens with one attached hydrogen (secondary N) is 1. The van der Waals surface area contributed by atoms with Gasteiger partial charge in [0.15, 0.2) is 5.82 Å². The molecule has 0 saturated heterocycles. The molecule has 0 fully saturated rings. The lowest BCUT2D eigenvalue weighted by Gasteiger charge is -2.14. The third-order valence-corrected chi connectivity index (χ3v) is 5.72. The number of aromatic nitrogens is 4. The lowest BCUT2D eigenvalue weighted by atomic mass is 9.98. The van der Waals surface area contributed by atoms with Crippen LogP contribution in [0, 0.1) is 0 Å². The number of pyridine rings is 1. The molecule has 2 aromatic carbocycles. The number of benzene rings is 2. The highest BCUT2D eigenvalue weighted by Crippen LogP contribution is 2.38. The lowest BCUT2D eigenvalue weighted by Crippen LogP contribution is -2.17. The standard InChI is InChI=1S/C26H29N5O3/c1-17(2)21-13-22(24(33)14-23(21)32)25-29-30-26(34)31(25)16-19-8-6-18(7-9-19)15-27-12-10-20-5-3-4-11-28-20/h3-9,11,13-14,17,27,32-33H,10,12,15-16H2,1-2H3,(H,30,34). The highest BCUT2D eigenvalue weighted by atomic mass is 16.3. The summed E-state index contributed by atoms with van der Waals surface area (Å²) in [5.41, 5.74) is 4.26. The van der Waals surface area contributed by atoms with E-state index in [1.54, 1.807) is 12.3 Å². The molecule has 0 aliphatic heterocycles. The first-order chi connectivity index (χ1) is 16.4. The first kappa shape index (κ1) is 23.3. The van der Waals surface area contributed by atoms with Gasteiger partial charge in [-0.1, -0.05) is 49.3 Å². The van der Waals surface area contributed by atoms with E-state index in [0.29, 0.717) is 23.5 Å². The van der Waals surface area contributed by atoms with Crippen molar-refractivity contribution >= 4 is 0 Å². The van der Waals surface area contributed by atoms with E-state index >= 15 is 0 Å². The molecule has 176 valence electrons. The minimum Gasteiger partial charge on any atom is -0.508 e. The van der Waals surface area contributed by atoms with Gasteiger partial charge in [0.2, 0.25) is 0 Å². The number of aromatic hydroxyl groups is 3. The quantitative estimate of drug-likeness (QED) is 0.280. The van der Waals surface area contributed by atoms with Gasteiger partial charge in [0.05, 0.1) is 12.1 Å². The maximum Gasteiger partial charge on any atom is 0.315 e. The predicted molar refractivity (Wildman–Crippen MR) is 130 cm³/mol. The van der Waals surface area contributed by atoms with E-state index in [0.717, 1.165) is 36.3 Å². The second-order valence-electron chi connectivity index (χ2n) is 8.56. The zero-order chi connectivity index (χ0) is 24.1. The van der Waals surface area contributed by atoms with Crippen molar-refractivity contribution in [3.8, 4) is 28.9 Å². The van der Waals surface area contributed by atoms with Crippen LogP contribution in [0.15, 0.2) is 60.8 Å². The van der Waals surface area contributed by atoms with Crippen LogP contribution in [0.4, 0.5) is 0 Å².